The molecule has 9 heteroatoms. The van der Waals surface area contributed by atoms with Gasteiger partial charge in [0.15, 0.2) is 6.61 Å². The number of hydroxylamine groups is 1. The van der Waals surface area contributed by atoms with Crippen molar-refractivity contribution in [2.45, 2.75) is 12.7 Å². The van der Waals surface area contributed by atoms with Gasteiger partial charge in [-0.3, -0.25) is 15.0 Å². The Balaban J connectivity index is 2.30. The third-order valence-electron chi connectivity index (χ3n) is 1.41. The predicted molar refractivity (Wildman–Crippen MR) is 49.8 cm³/mol. The SMILES string of the molecule is O=[N+]([O-])c1ccc(CNOCC(F)(F)F)s1. The zero-order valence-electron chi connectivity index (χ0n) is 7.78. The molecule has 1 heterocycles. The number of hydrogen-bond acceptors (Lipinski definition) is 5. The van der Waals surface area contributed by atoms with Gasteiger partial charge in [0.25, 0.3) is 0 Å². The summed E-state index contributed by atoms with van der Waals surface area (Å²) in [6.07, 6.45) is -4.39. The minimum atomic E-state index is -4.39. The summed E-state index contributed by atoms with van der Waals surface area (Å²) in [6.45, 7) is -1.41. The van der Waals surface area contributed by atoms with E-state index in [2.05, 4.69) is 10.3 Å². The average Bonchev–Trinajstić information content (AvgIpc) is 2.59. The van der Waals surface area contributed by atoms with Crippen LogP contribution in [0.5, 0.6) is 0 Å². The molecule has 0 unspecified atom stereocenters. The summed E-state index contributed by atoms with van der Waals surface area (Å²) in [4.78, 5) is 14.4. The van der Waals surface area contributed by atoms with Crippen molar-refractivity contribution in [3.05, 3.63) is 27.1 Å². The molecule has 5 nitrogen and oxygen atoms in total. The monoisotopic (exact) mass is 256 g/mol. The van der Waals surface area contributed by atoms with Crippen LogP contribution in [0.3, 0.4) is 0 Å². The molecular formula is C7H7F3N2O3S. The van der Waals surface area contributed by atoms with Crippen molar-refractivity contribution in [3.63, 3.8) is 0 Å². The molecule has 0 aliphatic heterocycles. The van der Waals surface area contributed by atoms with Crippen LogP contribution in [0.15, 0.2) is 12.1 Å². The fourth-order valence-electron chi connectivity index (χ4n) is 0.815. The number of rotatable bonds is 5. The third kappa shape index (κ3) is 4.55. The number of thiophene rings is 1. The average molecular weight is 256 g/mol. The quantitative estimate of drug-likeness (QED) is 0.498. The molecule has 16 heavy (non-hydrogen) atoms. The summed E-state index contributed by atoms with van der Waals surface area (Å²) in [5.74, 6) is 0. The van der Waals surface area contributed by atoms with Crippen molar-refractivity contribution in [2.75, 3.05) is 6.61 Å². The molecule has 0 amide bonds. The molecule has 0 aromatic carbocycles. The van der Waals surface area contributed by atoms with Crippen molar-refractivity contribution < 1.29 is 22.9 Å². The Labute approximate surface area is 91.9 Å². The molecular weight excluding hydrogens is 249 g/mol. The molecule has 0 saturated heterocycles. The first kappa shape index (κ1) is 12.9. The van der Waals surface area contributed by atoms with E-state index in [1.54, 1.807) is 0 Å². The van der Waals surface area contributed by atoms with Gasteiger partial charge < -0.3 is 0 Å². The van der Waals surface area contributed by atoms with Gasteiger partial charge in [-0.25, -0.2) is 0 Å². The van der Waals surface area contributed by atoms with Gasteiger partial charge >= 0.3 is 11.2 Å². The van der Waals surface area contributed by atoms with E-state index in [9.17, 15) is 23.3 Å². The first-order valence-electron chi connectivity index (χ1n) is 4.03. The Bertz CT molecular complexity index is 366. The van der Waals surface area contributed by atoms with Crippen LogP contribution in [-0.4, -0.2) is 17.7 Å². The lowest BCUT2D eigenvalue weighted by Gasteiger charge is -2.06. The van der Waals surface area contributed by atoms with Crippen LogP contribution >= 0.6 is 11.3 Å². The van der Waals surface area contributed by atoms with Crippen LogP contribution in [0.1, 0.15) is 4.88 Å². The Hall–Kier alpha value is -1.19. The number of nitro groups is 1. The Kier molecular flexibility index (Phi) is 4.21. The molecule has 1 aromatic rings. The molecule has 0 spiro atoms. The normalized spacial score (nSPS) is 11.7. The summed E-state index contributed by atoms with van der Waals surface area (Å²) >= 11 is 0.876. The van der Waals surface area contributed by atoms with Crippen LogP contribution < -0.4 is 5.48 Å². The van der Waals surface area contributed by atoms with Gasteiger partial charge in [-0.15, -0.1) is 0 Å². The highest BCUT2D eigenvalue weighted by Gasteiger charge is 2.27. The number of hydrogen-bond donors (Lipinski definition) is 1. The molecule has 0 radical (unpaired) electrons. The summed E-state index contributed by atoms with van der Waals surface area (Å²) in [6, 6.07) is 2.73. The van der Waals surface area contributed by atoms with Gasteiger partial charge in [-0.1, -0.05) is 11.3 Å². The molecule has 1 N–H and O–H groups in total. The number of alkyl halides is 3. The highest BCUT2D eigenvalue weighted by Crippen LogP contribution is 2.23. The second kappa shape index (κ2) is 5.23. The first-order valence-corrected chi connectivity index (χ1v) is 4.84. The van der Waals surface area contributed by atoms with Crippen molar-refractivity contribution >= 4 is 16.3 Å². The Morgan fingerprint density at radius 3 is 2.69 bits per heavy atom. The van der Waals surface area contributed by atoms with E-state index in [1.165, 1.54) is 12.1 Å². The fourth-order valence-corrected chi connectivity index (χ4v) is 1.56. The zero-order chi connectivity index (χ0) is 12.2. The number of nitrogens with zero attached hydrogens (tertiary/aromatic N) is 1. The van der Waals surface area contributed by atoms with Crippen molar-refractivity contribution in [3.8, 4) is 0 Å². The molecule has 0 atom stereocenters. The van der Waals surface area contributed by atoms with Crippen LogP contribution in [-0.2, 0) is 11.4 Å². The molecule has 0 bridgehead atoms. The molecule has 0 aliphatic rings. The maximum absolute atomic E-state index is 11.6. The van der Waals surface area contributed by atoms with Gasteiger partial charge in [0.2, 0.25) is 0 Å². The van der Waals surface area contributed by atoms with Crippen LogP contribution in [0.2, 0.25) is 0 Å². The maximum Gasteiger partial charge on any atom is 0.413 e. The minimum absolute atomic E-state index is 0.00537. The standard InChI is InChI=1S/C7H7F3N2O3S/c8-7(9,10)4-15-11-3-5-1-2-6(16-5)12(13)14/h1-2,11H,3-4H2. The summed E-state index contributed by atoms with van der Waals surface area (Å²) in [5, 5.41) is 10.2. The van der Waals surface area contributed by atoms with E-state index in [0.717, 1.165) is 11.3 Å². The molecule has 1 aromatic heterocycles. The van der Waals surface area contributed by atoms with Gasteiger partial charge in [-0.2, -0.15) is 18.7 Å². The van der Waals surface area contributed by atoms with E-state index in [1.807, 2.05) is 0 Å². The first-order chi connectivity index (χ1) is 7.38. The van der Waals surface area contributed by atoms with E-state index in [-0.39, 0.29) is 11.5 Å². The van der Waals surface area contributed by atoms with Crippen molar-refractivity contribution in [1.29, 1.82) is 0 Å². The van der Waals surface area contributed by atoms with Gasteiger partial charge in [0, 0.05) is 10.9 Å². The maximum atomic E-state index is 11.6. The molecule has 0 fully saturated rings. The Morgan fingerprint density at radius 1 is 1.50 bits per heavy atom. The lowest BCUT2D eigenvalue weighted by Crippen LogP contribution is -2.24. The topological polar surface area (TPSA) is 64.4 Å². The number of nitrogens with one attached hydrogen (secondary N) is 1. The number of halogens is 3. The largest absolute Gasteiger partial charge is 0.413 e. The third-order valence-corrected chi connectivity index (χ3v) is 2.45. The van der Waals surface area contributed by atoms with E-state index < -0.39 is 17.7 Å². The van der Waals surface area contributed by atoms with Gasteiger partial charge in [-0.05, 0) is 6.07 Å². The second-order valence-corrected chi connectivity index (χ2v) is 3.87. The van der Waals surface area contributed by atoms with E-state index in [0.29, 0.717) is 4.88 Å². The summed E-state index contributed by atoms with van der Waals surface area (Å²) in [7, 11) is 0. The van der Waals surface area contributed by atoms with Crippen molar-refractivity contribution in [1.82, 2.24) is 5.48 Å². The summed E-state index contributed by atoms with van der Waals surface area (Å²) < 4.78 is 34.9. The van der Waals surface area contributed by atoms with E-state index in [4.69, 9.17) is 0 Å². The van der Waals surface area contributed by atoms with Crippen LogP contribution in [0, 0.1) is 10.1 Å². The Morgan fingerprint density at radius 2 is 2.19 bits per heavy atom. The molecule has 0 saturated carbocycles. The lowest BCUT2D eigenvalue weighted by atomic mass is 10.5. The molecule has 0 aliphatic carbocycles. The van der Waals surface area contributed by atoms with Gasteiger partial charge in [0.1, 0.15) is 0 Å². The van der Waals surface area contributed by atoms with Gasteiger partial charge in [0.05, 0.1) is 11.5 Å². The van der Waals surface area contributed by atoms with E-state index >= 15 is 0 Å². The van der Waals surface area contributed by atoms with Crippen molar-refractivity contribution in [2.24, 2.45) is 0 Å². The van der Waals surface area contributed by atoms with Crippen LogP contribution in [0.25, 0.3) is 0 Å². The second-order valence-electron chi connectivity index (χ2n) is 2.72. The zero-order valence-corrected chi connectivity index (χ0v) is 8.60. The predicted octanol–water partition coefficient (Wildman–Crippen LogP) is 2.24. The highest BCUT2D eigenvalue weighted by atomic mass is 32.1. The summed E-state index contributed by atoms with van der Waals surface area (Å²) in [5.41, 5.74) is 2.08. The smallest absolute Gasteiger partial charge is 0.292 e. The molecule has 90 valence electrons. The van der Waals surface area contributed by atoms with Crippen LogP contribution in [0.4, 0.5) is 18.2 Å². The molecule has 1 rings (SSSR count). The minimum Gasteiger partial charge on any atom is -0.292 e. The highest BCUT2D eigenvalue weighted by molar-refractivity contribution is 7.15. The fraction of sp³-hybridized carbons (Fsp3) is 0.429. The lowest BCUT2D eigenvalue weighted by molar-refractivity contribution is -0.380.